The van der Waals surface area contributed by atoms with Crippen LogP contribution in [0, 0.1) is 0 Å². The molecular formula is C19H20N4. The SMILES string of the molecule is c1ccc2cc(-c3ccnc(N4CCCNCC4)n3)ccc2c1. The number of nitrogens with zero attached hydrogens (tertiary/aromatic N) is 3. The first kappa shape index (κ1) is 14.2. The molecule has 0 bridgehead atoms. The van der Waals surface area contributed by atoms with Gasteiger partial charge in [-0.25, -0.2) is 9.97 Å². The minimum absolute atomic E-state index is 0.833. The first-order chi connectivity index (χ1) is 11.4. The van der Waals surface area contributed by atoms with E-state index in [-0.39, 0.29) is 0 Å². The summed E-state index contributed by atoms with van der Waals surface area (Å²) >= 11 is 0. The third kappa shape index (κ3) is 3.03. The molecular weight excluding hydrogens is 284 g/mol. The molecule has 4 rings (SSSR count). The number of hydrogen-bond acceptors (Lipinski definition) is 4. The summed E-state index contributed by atoms with van der Waals surface area (Å²) in [6.07, 6.45) is 2.99. The molecule has 4 nitrogen and oxygen atoms in total. The Labute approximate surface area is 136 Å². The second-order valence-electron chi connectivity index (χ2n) is 5.89. The minimum atomic E-state index is 0.833. The van der Waals surface area contributed by atoms with Gasteiger partial charge in [-0.1, -0.05) is 36.4 Å². The van der Waals surface area contributed by atoms with Crippen LogP contribution in [0.15, 0.2) is 54.7 Å². The van der Waals surface area contributed by atoms with Crippen molar-refractivity contribution in [1.82, 2.24) is 15.3 Å². The molecule has 1 aliphatic heterocycles. The molecule has 1 aromatic heterocycles. The summed E-state index contributed by atoms with van der Waals surface area (Å²) in [5, 5.41) is 5.91. The van der Waals surface area contributed by atoms with Crippen LogP contribution in [0.2, 0.25) is 0 Å². The molecule has 0 radical (unpaired) electrons. The molecule has 1 fully saturated rings. The van der Waals surface area contributed by atoms with Crippen molar-refractivity contribution in [3.63, 3.8) is 0 Å². The van der Waals surface area contributed by atoms with Crippen molar-refractivity contribution in [1.29, 1.82) is 0 Å². The standard InChI is InChI=1S/C19H20N4/c1-2-5-16-14-17(7-6-15(16)4-1)18-8-10-21-19(22-18)23-12-3-9-20-11-13-23/h1-2,4-8,10,14,20H,3,9,11-13H2. The lowest BCUT2D eigenvalue weighted by molar-refractivity contribution is 0.724. The second-order valence-corrected chi connectivity index (χ2v) is 5.89. The van der Waals surface area contributed by atoms with Gasteiger partial charge in [0.1, 0.15) is 0 Å². The normalized spacial score (nSPS) is 15.6. The maximum atomic E-state index is 4.80. The van der Waals surface area contributed by atoms with Crippen LogP contribution in [0.4, 0.5) is 5.95 Å². The molecule has 1 saturated heterocycles. The summed E-state index contributed by atoms with van der Waals surface area (Å²) in [7, 11) is 0. The molecule has 3 aromatic rings. The van der Waals surface area contributed by atoms with Gasteiger partial charge < -0.3 is 10.2 Å². The molecule has 23 heavy (non-hydrogen) atoms. The topological polar surface area (TPSA) is 41.1 Å². The summed E-state index contributed by atoms with van der Waals surface area (Å²) in [6, 6.07) is 16.9. The Morgan fingerprint density at radius 3 is 2.78 bits per heavy atom. The highest BCUT2D eigenvalue weighted by Gasteiger charge is 2.13. The van der Waals surface area contributed by atoms with E-state index in [1.165, 1.54) is 10.8 Å². The highest BCUT2D eigenvalue weighted by atomic mass is 15.3. The fourth-order valence-electron chi connectivity index (χ4n) is 3.06. The minimum Gasteiger partial charge on any atom is -0.339 e. The van der Waals surface area contributed by atoms with Crippen molar-refractivity contribution in [2.24, 2.45) is 0 Å². The average molecular weight is 304 g/mol. The van der Waals surface area contributed by atoms with Gasteiger partial charge >= 0.3 is 0 Å². The smallest absolute Gasteiger partial charge is 0.225 e. The van der Waals surface area contributed by atoms with Crippen LogP contribution in [0.25, 0.3) is 22.0 Å². The van der Waals surface area contributed by atoms with E-state index < -0.39 is 0 Å². The molecule has 2 aromatic carbocycles. The predicted octanol–water partition coefficient (Wildman–Crippen LogP) is 3.10. The first-order valence-corrected chi connectivity index (χ1v) is 8.18. The largest absolute Gasteiger partial charge is 0.339 e. The Morgan fingerprint density at radius 1 is 0.913 bits per heavy atom. The van der Waals surface area contributed by atoms with Crippen LogP contribution in [0.3, 0.4) is 0 Å². The summed E-state index contributed by atoms with van der Waals surface area (Å²) in [5.74, 6) is 0.833. The molecule has 0 saturated carbocycles. The van der Waals surface area contributed by atoms with Crippen molar-refractivity contribution in [3.8, 4) is 11.3 Å². The van der Waals surface area contributed by atoms with Crippen molar-refractivity contribution in [3.05, 3.63) is 54.7 Å². The highest BCUT2D eigenvalue weighted by Crippen LogP contribution is 2.24. The fraction of sp³-hybridized carbons (Fsp3) is 0.263. The van der Waals surface area contributed by atoms with E-state index in [0.717, 1.165) is 49.8 Å². The number of hydrogen-bond donors (Lipinski definition) is 1. The van der Waals surface area contributed by atoms with E-state index in [2.05, 4.69) is 57.7 Å². The van der Waals surface area contributed by atoms with Gasteiger partial charge in [-0.3, -0.25) is 0 Å². The van der Waals surface area contributed by atoms with Crippen molar-refractivity contribution in [2.75, 3.05) is 31.1 Å². The van der Waals surface area contributed by atoms with Crippen molar-refractivity contribution in [2.45, 2.75) is 6.42 Å². The third-order valence-corrected chi connectivity index (χ3v) is 4.31. The van der Waals surface area contributed by atoms with E-state index in [0.29, 0.717) is 0 Å². The van der Waals surface area contributed by atoms with E-state index in [4.69, 9.17) is 4.98 Å². The Balaban J connectivity index is 1.69. The van der Waals surface area contributed by atoms with Crippen molar-refractivity contribution < 1.29 is 0 Å². The number of aromatic nitrogens is 2. The van der Waals surface area contributed by atoms with Crippen LogP contribution in [-0.2, 0) is 0 Å². The molecule has 0 unspecified atom stereocenters. The monoisotopic (exact) mass is 304 g/mol. The van der Waals surface area contributed by atoms with Crippen LogP contribution < -0.4 is 10.2 Å². The molecule has 2 heterocycles. The Kier molecular flexibility index (Phi) is 3.90. The number of benzene rings is 2. The molecule has 116 valence electrons. The number of anilines is 1. The maximum Gasteiger partial charge on any atom is 0.225 e. The maximum absolute atomic E-state index is 4.80. The van der Waals surface area contributed by atoms with E-state index in [1.54, 1.807) is 0 Å². The Hall–Kier alpha value is -2.46. The van der Waals surface area contributed by atoms with Gasteiger partial charge in [-0.2, -0.15) is 0 Å². The van der Waals surface area contributed by atoms with Crippen LogP contribution in [0.1, 0.15) is 6.42 Å². The molecule has 1 N–H and O–H groups in total. The zero-order valence-electron chi connectivity index (χ0n) is 13.1. The lowest BCUT2D eigenvalue weighted by atomic mass is 10.1. The average Bonchev–Trinajstić information content (AvgIpc) is 2.91. The van der Waals surface area contributed by atoms with Gasteiger partial charge in [0.2, 0.25) is 5.95 Å². The number of rotatable bonds is 2. The van der Waals surface area contributed by atoms with Crippen LogP contribution in [-0.4, -0.2) is 36.1 Å². The lowest BCUT2D eigenvalue weighted by Crippen LogP contribution is -2.29. The van der Waals surface area contributed by atoms with E-state index in [9.17, 15) is 0 Å². The van der Waals surface area contributed by atoms with Crippen LogP contribution >= 0.6 is 0 Å². The number of fused-ring (bicyclic) bond motifs is 1. The van der Waals surface area contributed by atoms with E-state index >= 15 is 0 Å². The summed E-state index contributed by atoms with van der Waals surface area (Å²) < 4.78 is 0. The predicted molar refractivity (Wildman–Crippen MR) is 94.7 cm³/mol. The molecule has 1 aliphatic rings. The van der Waals surface area contributed by atoms with Gasteiger partial charge in [0.15, 0.2) is 0 Å². The van der Waals surface area contributed by atoms with Gasteiger partial charge in [0.05, 0.1) is 5.69 Å². The fourth-order valence-corrected chi connectivity index (χ4v) is 3.06. The van der Waals surface area contributed by atoms with Crippen molar-refractivity contribution >= 4 is 16.7 Å². The zero-order chi connectivity index (χ0) is 15.5. The third-order valence-electron chi connectivity index (χ3n) is 4.31. The van der Waals surface area contributed by atoms with Gasteiger partial charge in [-0.05, 0) is 35.9 Å². The Bertz CT molecular complexity index is 807. The zero-order valence-corrected chi connectivity index (χ0v) is 13.1. The second kappa shape index (κ2) is 6.34. The Morgan fingerprint density at radius 2 is 1.83 bits per heavy atom. The highest BCUT2D eigenvalue weighted by molar-refractivity contribution is 5.86. The van der Waals surface area contributed by atoms with Crippen LogP contribution in [0.5, 0.6) is 0 Å². The molecule has 4 heteroatoms. The number of nitrogens with one attached hydrogen (secondary N) is 1. The first-order valence-electron chi connectivity index (χ1n) is 8.18. The quantitative estimate of drug-likeness (QED) is 0.790. The molecule has 0 amide bonds. The summed E-state index contributed by atoms with van der Waals surface area (Å²) in [5.41, 5.74) is 2.12. The van der Waals surface area contributed by atoms with E-state index in [1.807, 2.05) is 12.3 Å². The summed E-state index contributed by atoms with van der Waals surface area (Å²) in [4.78, 5) is 11.6. The molecule has 0 spiro atoms. The summed E-state index contributed by atoms with van der Waals surface area (Å²) in [6.45, 7) is 4.03. The van der Waals surface area contributed by atoms with Gasteiger partial charge in [0, 0.05) is 31.4 Å². The lowest BCUT2D eigenvalue weighted by Gasteiger charge is -2.20. The van der Waals surface area contributed by atoms with Gasteiger partial charge in [-0.15, -0.1) is 0 Å². The molecule has 0 aliphatic carbocycles. The molecule has 0 atom stereocenters. The van der Waals surface area contributed by atoms with Gasteiger partial charge in [0.25, 0.3) is 0 Å².